The monoisotopic (exact) mass is 281 g/mol. The highest BCUT2D eigenvalue weighted by Gasteiger charge is 2.09. The van der Waals surface area contributed by atoms with E-state index in [1.165, 1.54) is 4.90 Å². The lowest BCUT2D eigenvalue weighted by Gasteiger charge is -2.16. The summed E-state index contributed by atoms with van der Waals surface area (Å²) in [5.74, 6) is 0.153. The van der Waals surface area contributed by atoms with Crippen LogP contribution in [0.3, 0.4) is 0 Å². The van der Waals surface area contributed by atoms with Crippen molar-refractivity contribution < 1.29 is 9.53 Å². The molecule has 0 spiro atoms. The molecule has 0 atom stereocenters. The van der Waals surface area contributed by atoms with Crippen molar-refractivity contribution in [2.45, 2.75) is 24.8 Å². The molecule has 0 aliphatic rings. The second-order valence-corrected chi connectivity index (χ2v) is 5.69. The van der Waals surface area contributed by atoms with Gasteiger partial charge in [-0.25, -0.2) is 0 Å². The predicted molar refractivity (Wildman–Crippen MR) is 81.1 cm³/mol. The lowest BCUT2D eigenvalue weighted by Crippen LogP contribution is -2.29. The van der Waals surface area contributed by atoms with Crippen LogP contribution in [-0.4, -0.2) is 49.8 Å². The minimum Gasteiger partial charge on any atom is -0.377 e. The number of nitrogens with zero attached hydrogens (tertiary/aromatic N) is 1. The highest BCUT2D eigenvalue weighted by molar-refractivity contribution is 7.98. The van der Waals surface area contributed by atoms with E-state index in [2.05, 4.69) is 0 Å². The average Bonchev–Trinajstić information content (AvgIpc) is 2.38. The second kappa shape index (κ2) is 8.35. The Morgan fingerprint density at radius 1 is 1.32 bits per heavy atom. The molecule has 1 aromatic carbocycles. The molecule has 4 heteroatoms. The molecule has 0 heterocycles. The molecule has 0 unspecified atom stereocenters. The lowest BCUT2D eigenvalue weighted by molar-refractivity contribution is 0.0619. The minimum atomic E-state index is 0.153. The van der Waals surface area contributed by atoms with E-state index in [4.69, 9.17) is 4.74 Å². The quantitative estimate of drug-likeness (QED) is 0.541. The van der Waals surface area contributed by atoms with Crippen molar-refractivity contribution in [2.75, 3.05) is 33.0 Å². The number of carbonyl (C=O) groups is 1. The minimum absolute atomic E-state index is 0.153. The summed E-state index contributed by atoms with van der Waals surface area (Å²) >= 11 is 1.68. The van der Waals surface area contributed by atoms with Gasteiger partial charge in [-0.3, -0.25) is 9.69 Å². The van der Waals surface area contributed by atoms with Gasteiger partial charge >= 0.3 is 0 Å². The number of hydrogen-bond donors (Lipinski definition) is 0. The number of carbonyl (C=O) groups excluding carboxylic acids is 1. The molecule has 1 rings (SSSR count). The van der Waals surface area contributed by atoms with Crippen molar-refractivity contribution in [2.24, 2.45) is 0 Å². The van der Waals surface area contributed by atoms with Crippen LogP contribution in [0.4, 0.5) is 0 Å². The third-order valence-electron chi connectivity index (χ3n) is 2.75. The van der Waals surface area contributed by atoms with Gasteiger partial charge in [0.1, 0.15) is 0 Å². The maximum absolute atomic E-state index is 12.1. The molecule has 19 heavy (non-hydrogen) atoms. The van der Waals surface area contributed by atoms with Crippen LogP contribution in [0.15, 0.2) is 29.2 Å². The molecule has 0 saturated heterocycles. The largest absolute Gasteiger partial charge is 0.377 e. The molecule has 1 aromatic rings. The number of Topliss-reactive ketones (excluding diaryl/α,β-unsaturated/α-hetero) is 1. The first kappa shape index (κ1) is 16.2. The summed E-state index contributed by atoms with van der Waals surface area (Å²) in [6, 6.07) is 7.76. The zero-order valence-corrected chi connectivity index (χ0v) is 13.0. The highest BCUT2D eigenvalue weighted by Crippen LogP contribution is 2.15. The van der Waals surface area contributed by atoms with Crippen molar-refractivity contribution in [3.63, 3.8) is 0 Å². The first-order chi connectivity index (χ1) is 9.02. The SMILES string of the molecule is CSc1ccc(C(=O)CN(C)CCOC(C)C)cc1. The highest BCUT2D eigenvalue weighted by atomic mass is 32.2. The molecule has 0 aromatic heterocycles. The van der Waals surface area contributed by atoms with Crippen LogP contribution in [0, 0.1) is 0 Å². The van der Waals surface area contributed by atoms with Crippen LogP contribution >= 0.6 is 11.8 Å². The number of hydrogen-bond acceptors (Lipinski definition) is 4. The third-order valence-corrected chi connectivity index (χ3v) is 3.49. The Morgan fingerprint density at radius 2 is 1.95 bits per heavy atom. The molecule has 0 saturated carbocycles. The molecular formula is C15H23NO2S. The normalized spacial score (nSPS) is 11.3. The van der Waals surface area contributed by atoms with Gasteiger partial charge in [-0.15, -0.1) is 11.8 Å². The van der Waals surface area contributed by atoms with E-state index in [1.807, 2.05) is 56.3 Å². The smallest absolute Gasteiger partial charge is 0.176 e. The number of ether oxygens (including phenoxy) is 1. The van der Waals surface area contributed by atoms with Crippen LogP contribution in [0.5, 0.6) is 0 Å². The molecule has 0 aliphatic heterocycles. The molecule has 3 nitrogen and oxygen atoms in total. The molecule has 0 amide bonds. The van der Waals surface area contributed by atoms with Crippen molar-refractivity contribution in [1.29, 1.82) is 0 Å². The fraction of sp³-hybridized carbons (Fsp3) is 0.533. The predicted octanol–water partition coefficient (Wildman–Crippen LogP) is 2.95. The summed E-state index contributed by atoms with van der Waals surface area (Å²) in [5.41, 5.74) is 0.773. The standard InChI is InChI=1S/C15H23NO2S/c1-12(2)18-10-9-16(3)11-15(17)13-5-7-14(19-4)8-6-13/h5-8,12H,9-11H2,1-4H3. The summed E-state index contributed by atoms with van der Waals surface area (Å²) in [6.45, 7) is 5.89. The number of likely N-dealkylation sites (N-methyl/N-ethyl adjacent to an activating group) is 1. The van der Waals surface area contributed by atoms with Gasteiger partial charge < -0.3 is 4.74 Å². The van der Waals surface area contributed by atoms with E-state index < -0.39 is 0 Å². The van der Waals surface area contributed by atoms with Gasteiger partial charge in [-0.05, 0) is 39.3 Å². The molecular weight excluding hydrogens is 258 g/mol. The first-order valence-corrected chi connectivity index (χ1v) is 7.72. The van der Waals surface area contributed by atoms with Gasteiger partial charge in [-0.1, -0.05) is 12.1 Å². The van der Waals surface area contributed by atoms with Gasteiger partial charge in [-0.2, -0.15) is 0 Å². The molecule has 0 fully saturated rings. The van der Waals surface area contributed by atoms with Gasteiger partial charge in [0.05, 0.1) is 19.3 Å². The van der Waals surface area contributed by atoms with Gasteiger partial charge in [0.25, 0.3) is 0 Å². The van der Waals surface area contributed by atoms with Crippen LogP contribution in [0.2, 0.25) is 0 Å². The Labute approximate surface area is 120 Å². The molecule has 0 bridgehead atoms. The Balaban J connectivity index is 2.40. The van der Waals surface area contributed by atoms with Gasteiger partial charge in [0, 0.05) is 17.0 Å². The van der Waals surface area contributed by atoms with Crippen molar-refractivity contribution in [3.8, 4) is 0 Å². The zero-order valence-electron chi connectivity index (χ0n) is 12.2. The van der Waals surface area contributed by atoms with E-state index >= 15 is 0 Å². The maximum Gasteiger partial charge on any atom is 0.176 e. The van der Waals surface area contributed by atoms with Crippen molar-refractivity contribution >= 4 is 17.5 Å². The number of rotatable bonds is 8. The first-order valence-electron chi connectivity index (χ1n) is 6.50. The number of thioether (sulfide) groups is 1. The zero-order chi connectivity index (χ0) is 14.3. The van der Waals surface area contributed by atoms with Crippen LogP contribution in [0.25, 0.3) is 0 Å². The van der Waals surface area contributed by atoms with E-state index in [-0.39, 0.29) is 11.9 Å². The molecule has 0 radical (unpaired) electrons. The maximum atomic E-state index is 12.1. The van der Waals surface area contributed by atoms with Crippen LogP contribution in [-0.2, 0) is 4.74 Å². The fourth-order valence-electron chi connectivity index (χ4n) is 1.64. The molecule has 0 aliphatic carbocycles. The Kier molecular flexibility index (Phi) is 7.13. The summed E-state index contributed by atoms with van der Waals surface area (Å²) in [6.07, 6.45) is 2.27. The van der Waals surface area contributed by atoms with Gasteiger partial charge in [0.15, 0.2) is 5.78 Å². The van der Waals surface area contributed by atoms with E-state index in [0.29, 0.717) is 13.2 Å². The summed E-state index contributed by atoms with van der Waals surface area (Å²) in [7, 11) is 1.94. The lowest BCUT2D eigenvalue weighted by atomic mass is 10.1. The molecule has 0 N–H and O–H groups in total. The van der Waals surface area contributed by atoms with E-state index in [9.17, 15) is 4.79 Å². The van der Waals surface area contributed by atoms with Crippen molar-refractivity contribution in [3.05, 3.63) is 29.8 Å². The van der Waals surface area contributed by atoms with E-state index in [0.717, 1.165) is 12.1 Å². The van der Waals surface area contributed by atoms with Crippen molar-refractivity contribution in [1.82, 2.24) is 4.90 Å². The average molecular weight is 281 g/mol. The van der Waals surface area contributed by atoms with E-state index in [1.54, 1.807) is 11.8 Å². The Bertz CT molecular complexity index is 390. The molecule has 106 valence electrons. The third kappa shape index (κ3) is 6.23. The number of benzene rings is 1. The Morgan fingerprint density at radius 3 is 2.47 bits per heavy atom. The topological polar surface area (TPSA) is 29.5 Å². The van der Waals surface area contributed by atoms with Crippen LogP contribution < -0.4 is 0 Å². The summed E-state index contributed by atoms with van der Waals surface area (Å²) in [5, 5.41) is 0. The number of ketones is 1. The summed E-state index contributed by atoms with van der Waals surface area (Å²) < 4.78 is 5.47. The summed E-state index contributed by atoms with van der Waals surface area (Å²) in [4.78, 5) is 15.2. The fourth-order valence-corrected chi connectivity index (χ4v) is 2.04. The van der Waals surface area contributed by atoms with Gasteiger partial charge in [0.2, 0.25) is 0 Å². The Hall–Kier alpha value is -0.840. The second-order valence-electron chi connectivity index (χ2n) is 4.81. The van der Waals surface area contributed by atoms with Crippen LogP contribution in [0.1, 0.15) is 24.2 Å².